The summed E-state index contributed by atoms with van der Waals surface area (Å²) in [4.78, 5) is 18.4. The van der Waals surface area contributed by atoms with Gasteiger partial charge in [0.1, 0.15) is 12.9 Å². The number of nitrogens with zero attached hydrogens (tertiary/aromatic N) is 3. The minimum atomic E-state index is 0.0168. The molecule has 0 atom stereocenters. The number of piperidine rings is 1. The lowest BCUT2D eigenvalue weighted by atomic mass is 10.1. The molecule has 2 aromatic heterocycles. The summed E-state index contributed by atoms with van der Waals surface area (Å²) >= 11 is 0. The highest BCUT2D eigenvalue weighted by molar-refractivity contribution is 5.93. The summed E-state index contributed by atoms with van der Waals surface area (Å²) in [5.41, 5.74) is 0.600. The predicted molar refractivity (Wildman–Crippen MR) is 78.7 cm³/mol. The zero-order valence-electron chi connectivity index (χ0n) is 12.8. The predicted octanol–water partition coefficient (Wildman–Crippen LogP) is 2.36. The number of ether oxygens (including phenoxy) is 1. The van der Waals surface area contributed by atoms with Gasteiger partial charge in [0.25, 0.3) is 11.8 Å². The Kier molecular flexibility index (Phi) is 3.87. The first-order valence-electron chi connectivity index (χ1n) is 8.05. The monoisotopic (exact) mass is 317 g/mol. The van der Waals surface area contributed by atoms with E-state index in [1.54, 1.807) is 6.07 Å². The van der Waals surface area contributed by atoms with E-state index in [-0.39, 0.29) is 12.0 Å². The van der Waals surface area contributed by atoms with Gasteiger partial charge in [-0.25, -0.2) is 0 Å². The van der Waals surface area contributed by atoms with Crippen molar-refractivity contribution in [3.8, 4) is 0 Å². The van der Waals surface area contributed by atoms with Crippen molar-refractivity contribution < 1.29 is 18.5 Å². The molecule has 1 saturated carbocycles. The van der Waals surface area contributed by atoms with Crippen LogP contribution in [0.25, 0.3) is 0 Å². The van der Waals surface area contributed by atoms with Gasteiger partial charge in [-0.15, -0.1) is 0 Å². The largest absolute Gasteiger partial charge is 0.472 e. The molecule has 0 bridgehead atoms. The van der Waals surface area contributed by atoms with Crippen LogP contribution in [0.4, 0.5) is 0 Å². The van der Waals surface area contributed by atoms with Crippen LogP contribution in [0.3, 0.4) is 0 Å². The van der Waals surface area contributed by atoms with E-state index in [1.807, 2.05) is 4.90 Å². The van der Waals surface area contributed by atoms with Crippen LogP contribution in [0, 0.1) is 0 Å². The van der Waals surface area contributed by atoms with E-state index in [9.17, 15) is 4.79 Å². The maximum Gasteiger partial charge on any atom is 0.257 e. The molecule has 3 heterocycles. The molecule has 122 valence electrons. The Bertz CT molecular complexity index is 655. The molecule has 0 radical (unpaired) electrons. The lowest BCUT2D eigenvalue weighted by Gasteiger charge is -2.31. The molecular formula is C16H19N3O4. The number of furan rings is 1. The van der Waals surface area contributed by atoms with Crippen LogP contribution in [-0.4, -0.2) is 40.1 Å². The normalized spacial score (nSPS) is 19.2. The quantitative estimate of drug-likeness (QED) is 0.842. The van der Waals surface area contributed by atoms with Gasteiger partial charge in [0, 0.05) is 19.0 Å². The van der Waals surface area contributed by atoms with Crippen molar-refractivity contribution >= 4 is 5.91 Å². The minimum absolute atomic E-state index is 0.0168. The van der Waals surface area contributed by atoms with Crippen molar-refractivity contribution in [3.05, 3.63) is 35.9 Å². The summed E-state index contributed by atoms with van der Waals surface area (Å²) in [6.45, 7) is 1.72. The van der Waals surface area contributed by atoms with Gasteiger partial charge < -0.3 is 18.6 Å². The highest BCUT2D eigenvalue weighted by Crippen LogP contribution is 2.38. The molecule has 1 amide bonds. The second-order valence-corrected chi connectivity index (χ2v) is 6.14. The molecule has 2 aliphatic rings. The number of carbonyl (C=O) groups excluding carboxylic acids is 1. The molecule has 4 rings (SSSR count). The second kappa shape index (κ2) is 6.16. The van der Waals surface area contributed by atoms with Crippen LogP contribution < -0.4 is 0 Å². The average molecular weight is 317 g/mol. The molecule has 0 aromatic carbocycles. The molecular weight excluding hydrogens is 298 g/mol. The zero-order valence-corrected chi connectivity index (χ0v) is 12.8. The highest BCUT2D eigenvalue weighted by Gasteiger charge is 2.29. The van der Waals surface area contributed by atoms with Gasteiger partial charge in [-0.05, 0) is 31.7 Å². The Morgan fingerprint density at radius 1 is 1.30 bits per heavy atom. The lowest BCUT2D eigenvalue weighted by molar-refractivity contribution is -0.00979. The molecule has 0 N–H and O–H groups in total. The smallest absolute Gasteiger partial charge is 0.257 e. The van der Waals surface area contributed by atoms with Gasteiger partial charge in [0.2, 0.25) is 0 Å². The lowest BCUT2D eigenvalue weighted by Crippen LogP contribution is -2.40. The Morgan fingerprint density at radius 3 is 2.83 bits per heavy atom. The summed E-state index contributed by atoms with van der Waals surface area (Å²) in [6, 6.07) is 1.69. The fraction of sp³-hybridized carbons (Fsp3) is 0.562. The number of rotatable bonds is 5. The summed E-state index contributed by atoms with van der Waals surface area (Å²) < 4.78 is 16.0. The third-order valence-electron chi connectivity index (χ3n) is 4.37. The van der Waals surface area contributed by atoms with Crippen molar-refractivity contribution in [1.29, 1.82) is 0 Å². The first-order valence-corrected chi connectivity index (χ1v) is 8.05. The van der Waals surface area contributed by atoms with E-state index in [0.717, 1.165) is 31.5 Å². The standard InChI is InChI=1S/C16H19N3O4/c20-16(12-5-8-21-9-12)19-6-3-13(4-7-19)22-10-14-17-15(18-23-14)11-1-2-11/h5,8-9,11,13H,1-4,6-7,10H2. The van der Waals surface area contributed by atoms with Gasteiger partial charge in [0.05, 0.1) is 17.9 Å². The zero-order chi connectivity index (χ0) is 15.6. The van der Waals surface area contributed by atoms with Crippen LogP contribution in [-0.2, 0) is 11.3 Å². The number of hydrogen-bond acceptors (Lipinski definition) is 6. The minimum Gasteiger partial charge on any atom is -0.472 e. The van der Waals surface area contributed by atoms with Gasteiger partial charge >= 0.3 is 0 Å². The molecule has 7 nitrogen and oxygen atoms in total. The molecule has 7 heteroatoms. The number of likely N-dealkylation sites (tertiary alicyclic amines) is 1. The van der Waals surface area contributed by atoms with Crippen molar-refractivity contribution in [2.45, 2.75) is 44.3 Å². The van der Waals surface area contributed by atoms with Crippen molar-refractivity contribution in [2.24, 2.45) is 0 Å². The fourth-order valence-electron chi connectivity index (χ4n) is 2.82. The summed E-state index contributed by atoms with van der Waals surface area (Å²) in [5.74, 6) is 1.86. The molecule has 1 saturated heterocycles. The van der Waals surface area contributed by atoms with Crippen LogP contribution in [0.2, 0.25) is 0 Å². The first kappa shape index (κ1) is 14.4. The van der Waals surface area contributed by atoms with E-state index in [4.69, 9.17) is 13.7 Å². The van der Waals surface area contributed by atoms with Crippen LogP contribution in [0.15, 0.2) is 27.5 Å². The maximum absolute atomic E-state index is 12.2. The SMILES string of the molecule is O=C(c1ccoc1)N1CCC(OCc2nc(C3CC3)no2)CC1. The van der Waals surface area contributed by atoms with Crippen molar-refractivity contribution in [2.75, 3.05) is 13.1 Å². The van der Waals surface area contributed by atoms with Gasteiger partial charge in [-0.2, -0.15) is 4.98 Å². The van der Waals surface area contributed by atoms with Crippen LogP contribution in [0.1, 0.15) is 53.7 Å². The third kappa shape index (κ3) is 3.29. The van der Waals surface area contributed by atoms with E-state index in [0.29, 0.717) is 37.1 Å². The molecule has 0 spiro atoms. The topological polar surface area (TPSA) is 81.6 Å². The van der Waals surface area contributed by atoms with Crippen LogP contribution >= 0.6 is 0 Å². The Morgan fingerprint density at radius 2 is 2.13 bits per heavy atom. The summed E-state index contributed by atoms with van der Waals surface area (Å²) in [7, 11) is 0. The molecule has 2 fully saturated rings. The Labute approximate surface area is 133 Å². The van der Waals surface area contributed by atoms with Gasteiger partial charge in [-0.1, -0.05) is 5.16 Å². The molecule has 0 unspecified atom stereocenters. The van der Waals surface area contributed by atoms with Crippen molar-refractivity contribution in [3.63, 3.8) is 0 Å². The summed E-state index contributed by atoms with van der Waals surface area (Å²) in [5, 5.41) is 3.98. The Hall–Kier alpha value is -2.15. The number of amides is 1. The van der Waals surface area contributed by atoms with Crippen molar-refractivity contribution in [1.82, 2.24) is 15.0 Å². The number of hydrogen-bond donors (Lipinski definition) is 0. The molecule has 1 aliphatic carbocycles. The average Bonchev–Trinajstić information content (AvgIpc) is 3.11. The molecule has 1 aliphatic heterocycles. The maximum atomic E-state index is 12.2. The van der Waals surface area contributed by atoms with E-state index in [2.05, 4.69) is 10.1 Å². The van der Waals surface area contributed by atoms with E-state index >= 15 is 0 Å². The van der Waals surface area contributed by atoms with Gasteiger partial charge in [-0.3, -0.25) is 4.79 Å². The highest BCUT2D eigenvalue weighted by atomic mass is 16.5. The number of carbonyl (C=O) groups is 1. The first-order chi connectivity index (χ1) is 11.3. The molecule has 2 aromatic rings. The van der Waals surface area contributed by atoms with Crippen LogP contribution in [0.5, 0.6) is 0 Å². The third-order valence-corrected chi connectivity index (χ3v) is 4.37. The van der Waals surface area contributed by atoms with E-state index < -0.39 is 0 Å². The second-order valence-electron chi connectivity index (χ2n) is 6.14. The fourth-order valence-corrected chi connectivity index (χ4v) is 2.82. The number of aromatic nitrogens is 2. The van der Waals surface area contributed by atoms with E-state index in [1.165, 1.54) is 12.5 Å². The molecule has 23 heavy (non-hydrogen) atoms. The Balaban J connectivity index is 1.24. The van der Waals surface area contributed by atoms with Gasteiger partial charge in [0.15, 0.2) is 5.82 Å². The summed E-state index contributed by atoms with van der Waals surface area (Å²) in [6.07, 6.45) is 7.06.